The van der Waals surface area contributed by atoms with Gasteiger partial charge in [0.05, 0.1) is 5.69 Å². The number of nitrogens with two attached hydrogens (primary N) is 1. The maximum Gasteiger partial charge on any atom is 0.329 e. The minimum absolute atomic E-state index is 0.256. The minimum atomic E-state index is -0.425. The van der Waals surface area contributed by atoms with Crippen LogP contribution in [0.4, 0.5) is 16.3 Å². The highest BCUT2D eigenvalue weighted by atomic mass is 16.2. The molecule has 0 radical (unpaired) electrons. The summed E-state index contributed by atoms with van der Waals surface area (Å²) in [5, 5.41) is 2.28. The third-order valence-corrected chi connectivity index (χ3v) is 2.89. The van der Waals surface area contributed by atoms with E-state index in [0.29, 0.717) is 23.7 Å². The summed E-state index contributed by atoms with van der Waals surface area (Å²) in [6, 6.07) is 3.01. The molecule has 0 atom stereocenters. The van der Waals surface area contributed by atoms with Gasteiger partial charge in [0.1, 0.15) is 5.82 Å². The van der Waals surface area contributed by atoms with Crippen LogP contribution in [0.1, 0.15) is 6.42 Å². The first-order chi connectivity index (χ1) is 8.66. The fraction of sp³-hybridized carbons (Fsp3) is 0.182. The number of nitrogens with one attached hydrogen (secondary N) is 1. The van der Waals surface area contributed by atoms with Crippen LogP contribution in [0, 0.1) is 0 Å². The molecule has 3 N–H and O–H groups in total. The Balaban J connectivity index is 2.09. The van der Waals surface area contributed by atoms with E-state index >= 15 is 0 Å². The fourth-order valence-corrected chi connectivity index (χ4v) is 2.02. The lowest BCUT2D eigenvalue weighted by Crippen LogP contribution is -2.50. The van der Waals surface area contributed by atoms with Gasteiger partial charge in [-0.2, -0.15) is 0 Å². The Morgan fingerprint density at radius 2 is 2.17 bits per heavy atom. The lowest BCUT2D eigenvalue weighted by molar-refractivity contribution is -0.120. The summed E-state index contributed by atoms with van der Waals surface area (Å²) in [5.41, 5.74) is 6.93. The fourth-order valence-electron chi connectivity index (χ4n) is 2.02. The monoisotopic (exact) mass is 245 g/mol. The lowest BCUT2D eigenvalue weighted by atomic mass is 10.3. The third kappa shape index (κ3) is 1.48. The van der Waals surface area contributed by atoms with Crippen LogP contribution in [0.15, 0.2) is 24.5 Å². The first kappa shape index (κ1) is 10.6. The summed E-state index contributed by atoms with van der Waals surface area (Å²) >= 11 is 0. The SMILES string of the molecule is Nc1ccc(N2CCC(=O)NC2=O)n2ccnc12. The molecule has 3 rings (SSSR count). The van der Waals surface area contributed by atoms with Crippen molar-refractivity contribution in [2.24, 2.45) is 0 Å². The predicted molar refractivity (Wildman–Crippen MR) is 65.1 cm³/mol. The molecule has 0 spiro atoms. The van der Waals surface area contributed by atoms with Crippen LogP contribution >= 0.6 is 0 Å². The molecule has 1 saturated heterocycles. The van der Waals surface area contributed by atoms with Crippen LogP contribution in [0.5, 0.6) is 0 Å². The zero-order valence-corrected chi connectivity index (χ0v) is 9.46. The second-order valence-electron chi connectivity index (χ2n) is 4.02. The predicted octanol–water partition coefficient (Wildman–Crippen LogP) is 0.363. The third-order valence-electron chi connectivity index (χ3n) is 2.89. The number of imide groups is 1. The second-order valence-corrected chi connectivity index (χ2v) is 4.02. The average molecular weight is 245 g/mol. The Morgan fingerprint density at radius 3 is 2.94 bits per heavy atom. The molecule has 2 aromatic rings. The molecule has 7 heteroatoms. The number of rotatable bonds is 1. The van der Waals surface area contributed by atoms with Crippen molar-refractivity contribution in [3.05, 3.63) is 24.5 Å². The summed E-state index contributed by atoms with van der Waals surface area (Å²) in [7, 11) is 0. The lowest BCUT2D eigenvalue weighted by Gasteiger charge is -2.27. The molecule has 0 bridgehead atoms. The summed E-state index contributed by atoms with van der Waals surface area (Å²) in [6.07, 6.45) is 3.62. The quantitative estimate of drug-likeness (QED) is 0.758. The van der Waals surface area contributed by atoms with E-state index in [1.165, 1.54) is 4.90 Å². The van der Waals surface area contributed by atoms with Gasteiger partial charge in [-0.1, -0.05) is 0 Å². The maximum atomic E-state index is 11.8. The number of anilines is 2. The molecule has 0 aromatic carbocycles. The molecule has 18 heavy (non-hydrogen) atoms. The number of urea groups is 1. The van der Waals surface area contributed by atoms with Crippen LogP contribution in [-0.4, -0.2) is 27.9 Å². The van der Waals surface area contributed by atoms with Crippen molar-refractivity contribution >= 4 is 29.1 Å². The largest absolute Gasteiger partial charge is 0.396 e. The van der Waals surface area contributed by atoms with Crippen molar-refractivity contribution in [2.45, 2.75) is 6.42 Å². The smallest absolute Gasteiger partial charge is 0.329 e. The van der Waals surface area contributed by atoms with E-state index < -0.39 is 6.03 Å². The Hall–Kier alpha value is -2.57. The molecule has 3 amide bonds. The summed E-state index contributed by atoms with van der Waals surface area (Å²) in [4.78, 5) is 28.5. The highest BCUT2D eigenvalue weighted by molar-refractivity contribution is 6.05. The maximum absolute atomic E-state index is 11.8. The van der Waals surface area contributed by atoms with Crippen molar-refractivity contribution in [2.75, 3.05) is 17.2 Å². The Bertz CT molecular complexity index is 648. The van der Waals surface area contributed by atoms with E-state index in [2.05, 4.69) is 10.3 Å². The highest BCUT2D eigenvalue weighted by Crippen LogP contribution is 2.22. The van der Waals surface area contributed by atoms with Gasteiger partial charge in [0, 0.05) is 25.4 Å². The van der Waals surface area contributed by atoms with E-state index in [-0.39, 0.29) is 12.3 Å². The topological polar surface area (TPSA) is 92.7 Å². The number of nitrogen functional groups attached to an aromatic ring is 1. The van der Waals surface area contributed by atoms with Gasteiger partial charge in [-0.05, 0) is 12.1 Å². The normalized spacial score (nSPS) is 16.1. The Morgan fingerprint density at radius 1 is 1.33 bits per heavy atom. The first-order valence-corrected chi connectivity index (χ1v) is 5.50. The summed E-state index contributed by atoms with van der Waals surface area (Å²) in [6.45, 7) is 0.349. The van der Waals surface area contributed by atoms with Gasteiger partial charge in [-0.15, -0.1) is 0 Å². The second kappa shape index (κ2) is 3.73. The van der Waals surface area contributed by atoms with Crippen LogP contribution in [-0.2, 0) is 4.79 Å². The van der Waals surface area contributed by atoms with E-state index in [1.54, 1.807) is 28.9 Å². The summed E-state index contributed by atoms with van der Waals surface area (Å²) < 4.78 is 1.73. The molecule has 2 aromatic heterocycles. The molecule has 3 heterocycles. The Labute approximate surface area is 102 Å². The van der Waals surface area contributed by atoms with Crippen molar-refractivity contribution in [1.82, 2.24) is 14.7 Å². The molecule has 1 fully saturated rings. The van der Waals surface area contributed by atoms with Gasteiger partial charge >= 0.3 is 6.03 Å². The number of carbonyl (C=O) groups excluding carboxylic acids is 2. The van der Waals surface area contributed by atoms with Crippen molar-refractivity contribution in [3.63, 3.8) is 0 Å². The minimum Gasteiger partial charge on any atom is -0.396 e. The molecule has 7 nitrogen and oxygen atoms in total. The molecule has 0 aliphatic carbocycles. The van der Waals surface area contributed by atoms with Crippen molar-refractivity contribution in [3.8, 4) is 0 Å². The molecule has 0 saturated carbocycles. The van der Waals surface area contributed by atoms with E-state index in [9.17, 15) is 9.59 Å². The van der Waals surface area contributed by atoms with E-state index in [1.807, 2.05) is 0 Å². The average Bonchev–Trinajstić information content (AvgIpc) is 2.81. The summed E-state index contributed by atoms with van der Waals surface area (Å²) in [5.74, 6) is 0.385. The van der Waals surface area contributed by atoms with Gasteiger partial charge in [0.25, 0.3) is 0 Å². The number of pyridine rings is 1. The van der Waals surface area contributed by atoms with Gasteiger partial charge in [0.2, 0.25) is 5.91 Å². The molecule has 0 unspecified atom stereocenters. The van der Waals surface area contributed by atoms with E-state index in [0.717, 1.165) is 0 Å². The van der Waals surface area contributed by atoms with Gasteiger partial charge in [0.15, 0.2) is 5.65 Å². The van der Waals surface area contributed by atoms with Crippen LogP contribution < -0.4 is 16.0 Å². The number of aromatic nitrogens is 2. The molecule has 1 aliphatic rings. The number of hydrogen-bond acceptors (Lipinski definition) is 4. The van der Waals surface area contributed by atoms with Crippen LogP contribution in [0.25, 0.3) is 5.65 Å². The van der Waals surface area contributed by atoms with Crippen molar-refractivity contribution in [1.29, 1.82) is 0 Å². The van der Waals surface area contributed by atoms with Gasteiger partial charge in [-0.3, -0.25) is 19.4 Å². The Kier molecular flexibility index (Phi) is 2.19. The number of amides is 3. The molecular weight excluding hydrogens is 234 g/mol. The zero-order chi connectivity index (χ0) is 12.7. The number of imidazole rings is 1. The van der Waals surface area contributed by atoms with Crippen molar-refractivity contribution < 1.29 is 9.59 Å². The van der Waals surface area contributed by atoms with Gasteiger partial charge < -0.3 is 5.73 Å². The number of carbonyl (C=O) groups is 2. The molecular formula is C11H11N5O2. The van der Waals surface area contributed by atoms with E-state index in [4.69, 9.17) is 5.73 Å². The number of hydrogen-bond donors (Lipinski definition) is 2. The van der Waals surface area contributed by atoms with Crippen LogP contribution in [0.2, 0.25) is 0 Å². The van der Waals surface area contributed by atoms with Crippen LogP contribution in [0.3, 0.4) is 0 Å². The number of nitrogens with zero attached hydrogens (tertiary/aromatic N) is 3. The standard InChI is InChI=1S/C11H11N5O2/c12-7-1-2-9(15-6-4-13-10(7)15)16-5-3-8(17)14-11(16)18/h1-2,4,6H,3,5,12H2,(H,14,17,18). The molecule has 1 aliphatic heterocycles. The molecule has 92 valence electrons. The first-order valence-electron chi connectivity index (χ1n) is 5.50. The number of fused-ring (bicyclic) bond motifs is 1. The van der Waals surface area contributed by atoms with Gasteiger partial charge in [-0.25, -0.2) is 9.78 Å². The zero-order valence-electron chi connectivity index (χ0n) is 9.46. The highest BCUT2D eigenvalue weighted by Gasteiger charge is 2.25.